The number of carboxylic acids is 1. The van der Waals surface area contributed by atoms with E-state index in [0.717, 1.165) is 38.3 Å². The van der Waals surface area contributed by atoms with Crippen LogP contribution in [0.25, 0.3) is 11.4 Å². The summed E-state index contributed by atoms with van der Waals surface area (Å²) in [6, 6.07) is 58.3. The molecule has 406 valence electrons. The van der Waals surface area contributed by atoms with Crippen LogP contribution in [-0.4, -0.2) is 67.9 Å². The molecule has 6 aromatic carbocycles. The summed E-state index contributed by atoms with van der Waals surface area (Å²) in [5.74, 6) is -1.53. The molecule has 3 N–H and O–H groups in total. The Morgan fingerprint density at radius 1 is 0.840 bits per heavy atom. The quantitative estimate of drug-likeness (QED) is 0.0153. The Balaban J connectivity index is 0.903. The number of pyridine rings is 1. The second kappa shape index (κ2) is 23.9. The maximum Gasteiger partial charge on any atom is 0.353 e. The molecule has 81 heavy (non-hydrogen) atoms. The third kappa shape index (κ3) is 11.3. The van der Waals surface area contributed by atoms with Crippen LogP contribution in [-0.2, 0) is 38.0 Å². The van der Waals surface area contributed by atoms with Gasteiger partial charge in [-0.05, 0) is 45.5 Å². The number of thiazole rings is 1. The summed E-state index contributed by atoms with van der Waals surface area (Å²) in [6.07, 6.45) is 0.660. The molecule has 0 bridgehead atoms. The van der Waals surface area contributed by atoms with E-state index < -0.39 is 40.8 Å². The summed E-state index contributed by atoms with van der Waals surface area (Å²) >= 11 is 8.68. The predicted octanol–water partition coefficient (Wildman–Crippen LogP) is 10.4. The Kier molecular flexibility index (Phi) is 15.8. The standard InChI is InChI=1S/C61H48ClN7O10S2/c1-75-44-29-27-38(28-30-44)34-76-51-33-68(74)49(32-50(51)78-55(39-17-7-2-8-18-39)40-19-9-3-10-20-40)47-31-45(79-66-47)35-77-67-52(56(70)64-53-57(71)69-54(59(72)73)46(62)36-80-58(53)69)48-37-81-60(63-48)65-61(41-21-11-4-12-22-41,42-23-13-5-14-24-42)43-25-15-6-16-26-43/h2-33,37,53,55,58H,34-36H2,1H3,(H,63,65)(H,64,70)(H,72,73)/b67-52-/t53-,58-/m1/s1. The zero-order valence-corrected chi connectivity index (χ0v) is 45.3. The molecule has 2 amide bonds. The number of ether oxygens (including phenoxy) is 3. The van der Waals surface area contributed by atoms with Gasteiger partial charge in [-0.2, -0.15) is 4.73 Å². The second-order valence-electron chi connectivity index (χ2n) is 18.5. The van der Waals surface area contributed by atoms with E-state index in [1.807, 2.05) is 176 Å². The number of benzene rings is 6. The Morgan fingerprint density at radius 3 is 2.01 bits per heavy atom. The van der Waals surface area contributed by atoms with Gasteiger partial charge in [-0.15, -0.1) is 23.1 Å². The number of nitrogens with zero attached hydrogens (tertiary/aromatic N) is 5. The molecular weight excluding hydrogens is 1090 g/mol. The van der Waals surface area contributed by atoms with E-state index in [2.05, 4.69) is 20.9 Å². The third-order valence-electron chi connectivity index (χ3n) is 13.5. The molecule has 3 aromatic heterocycles. The highest BCUT2D eigenvalue weighted by molar-refractivity contribution is 8.00. The van der Waals surface area contributed by atoms with Crippen molar-refractivity contribution >= 4 is 63.3 Å². The average molecular weight is 1140 g/mol. The van der Waals surface area contributed by atoms with Crippen LogP contribution in [0.15, 0.2) is 220 Å². The molecule has 0 saturated carbocycles. The van der Waals surface area contributed by atoms with Gasteiger partial charge in [-0.3, -0.25) is 14.5 Å². The summed E-state index contributed by atoms with van der Waals surface area (Å²) in [6.45, 7) is -0.276. The molecule has 20 heteroatoms. The van der Waals surface area contributed by atoms with E-state index in [1.54, 1.807) is 12.5 Å². The first-order valence-corrected chi connectivity index (χ1v) is 27.6. The number of aliphatic carboxylic acids is 1. The number of carbonyl (C=O) groups excluding carboxylic acids is 2. The number of amides is 2. The summed E-state index contributed by atoms with van der Waals surface area (Å²) in [7, 11) is 1.59. The van der Waals surface area contributed by atoms with Gasteiger partial charge in [0.2, 0.25) is 17.6 Å². The lowest BCUT2D eigenvalue weighted by Crippen LogP contribution is -2.71. The zero-order chi connectivity index (χ0) is 55.9. The highest BCUT2D eigenvalue weighted by Crippen LogP contribution is 2.43. The topological polar surface area (TPSA) is 214 Å². The number of anilines is 1. The molecule has 11 rings (SSSR count). The largest absolute Gasteiger partial charge is 0.618 e. The third-order valence-corrected chi connectivity index (χ3v) is 16.0. The Hall–Kier alpha value is -9.43. The highest BCUT2D eigenvalue weighted by atomic mass is 35.5. The van der Waals surface area contributed by atoms with E-state index in [0.29, 0.717) is 15.6 Å². The molecule has 1 fully saturated rings. The predicted molar refractivity (Wildman–Crippen MR) is 305 cm³/mol. The number of thioether (sulfide) groups is 1. The van der Waals surface area contributed by atoms with Crippen LogP contribution in [0, 0.1) is 5.21 Å². The first-order valence-electron chi connectivity index (χ1n) is 25.3. The number of fused-ring (bicyclic) bond motifs is 1. The van der Waals surface area contributed by atoms with Crippen molar-refractivity contribution in [3.05, 3.63) is 260 Å². The van der Waals surface area contributed by atoms with Crippen molar-refractivity contribution in [2.75, 3.05) is 18.2 Å². The lowest BCUT2D eigenvalue weighted by atomic mass is 9.77. The number of oxime groups is 1. The van der Waals surface area contributed by atoms with Crippen LogP contribution in [0.5, 0.6) is 17.2 Å². The summed E-state index contributed by atoms with van der Waals surface area (Å²) in [5, 5.41) is 40.2. The molecule has 0 spiro atoms. The van der Waals surface area contributed by atoms with Crippen molar-refractivity contribution in [1.29, 1.82) is 0 Å². The molecule has 2 atom stereocenters. The number of carbonyl (C=O) groups is 3. The summed E-state index contributed by atoms with van der Waals surface area (Å²) in [5.41, 5.74) is 3.93. The zero-order valence-electron chi connectivity index (χ0n) is 43.0. The number of rotatable bonds is 21. The SMILES string of the molecule is COc1ccc(COc2c[n+]([O-])c(-c3cc(CO/N=C(\C(=O)N[C@@H]4C(=O)N5C(C(=O)O)=C(Cl)CS[C@H]45)c4csc(NC(c5ccccc5)(c5ccccc5)c5ccccc5)n4)on3)cc2OC(c2ccccc2)c2ccccc2)cc1. The van der Waals surface area contributed by atoms with Crippen LogP contribution < -0.4 is 29.6 Å². The van der Waals surface area contributed by atoms with E-state index in [9.17, 15) is 24.7 Å². The molecule has 2 aliphatic heterocycles. The fraction of sp³-hybridized carbons (Fsp3) is 0.131. The van der Waals surface area contributed by atoms with E-state index in [4.69, 9.17) is 40.2 Å². The van der Waals surface area contributed by atoms with Gasteiger partial charge in [0.1, 0.15) is 46.8 Å². The van der Waals surface area contributed by atoms with E-state index in [1.165, 1.54) is 41.4 Å². The Labute approximate surface area is 477 Å². The first kappa shape index (κ1) is 53.6. The molecule has 9 aromatic rings. The maximum atomic E-state index is 14.5. The summed E-state index contributed by atoms with van der Waals surface area (Å²) in [4.78, 5) is 52.1. The fourth-order valence-electron chi connectivity index (χ4n) is 9.52. The number of carboxylic acid groups (broad SMARTS) is 1. The van der Waals surface area contributed by atoms with Crippen molar-refractivity contribution in [2.24, 2.45) is 5.16 Å². The van der Waals surface area contributed by atoms with Gasteiger partial charge in [0, 0.05) is 17.2 Å². The molecule has 0 radical (unpaired) electrons. The maximum absolute atomic E-state index is 14.5. The minimum Gasteiger partial charge on any atom is -0.618 e. The van der Waals surface area contributed by atoms with Gasteiger partial charge in [-0.1, -0.05) is 186 Å². The van der Waals surface area contributed by atoms with Crippen LogP contribution >= 0.6 is 34.7 Å². The van der Waals surface area contributed by atoms with Gasteiger partial charge in [0.15, 0.2) is 34.7 Å². The molecular formula is C61H48ClN7O10S2. The van der Waals surface area contributed by atoms with Crippen LogP contribution in [0.2, 0.25) is 0 Å². The van der Waals surface area contributed by atoms with Gasteiger partial charge in [0.05, 0.1) is 18.2 Å². The monoisotopic (exact) mass is 1140 g/mol. The Morgan fingerprint density at radius 2 is 1.43 bits per heavy atom. The number of hydrogen-bond donors (Lipinski definition) is 3. The number of β-lactam (4-membered cyclic amide) rings is 1. The van der Waals surface area contributed by atoms with Gasteiger partial charge < -0.3 is 44.5 Å². The number of methoxy groups -OCH3 is 1. The number of nitrogens with one attached hydrogen (secondary N) is 2. The van der Waals surface area contributed by atoms with Crippen molar-refractivity contribution in [1.82, 2.24) is 20.4 Å². The van der Waals surface area contributed by atoms with E-state index >= 15 is 0 Å². The average Bonchev–Trinajstić information content (AvgIpc) is 4.30. The molecule has 17 nitrogen and oxygen atoms in total. The highest BCUT2D eigenvalue weighted by Gasteiger charge is 2.54. The lowest BCUT2D eigenvalue weighted by molar-refractivity contribution is -0.594. The van der Waals surface area contributed by atoms with Crippen molar-refractivity contribution in [3.8, 4) is 28.6 Å². The minimum absolute atomic E-state index is 0.0126. The lowest BCUT2D eigenvalue weighted by Gasteiger charge is -2.48. The van der Waals surface area contributed by atoms with Crippen molar-refractivity contribution in [3.63, 3.8) is 0 Å². The van der Waals surface area contributed by atoms with Crippen molar-refractivity contribution < 1.29 is 47.8 Å². The first-order chi connectivity index (χ1) is 39.6. The van der Waals surface area contributed by atoms with Gasteiger partial charge >= 0.3 is 5.97 Å². The van der Waals surface area contributed by atoms with Crippen LogP contribution in [0.4, 0.5) is 5.13 Å². The molecule has 1 saturated heterocycles. The number of hydrogen-bond acceptors (Lipinski definition) is 15. The molecule has 5 heterocycles. The Bertz CT molecular complexity index is 3630. The van der Waals surface area contributed by atoms with Gasteiger partial charge in [0.25, 0.3) is 11.8 Å². The normalized spacial score (nSPS) is 15.1. The number of halogens is 1. The van der Waals surface area contributed by atoms with E-state index in [-0.39, 0.29) is 69.7 Å². The second-order valence-corrected chi connectivity index (χ2v) is 20.9. The van der Waals surface area contributed by atoms with Crippen LogP contribution in [0.1, 0.15) is 50.9 Å². The smallest absolute Gasteiger partial charge is 0.353 e. The molecule has 0 unspecified atom stereocenters. The van der Waals surface area contributed by atoms with Crippen molar-refractivity contribution in [2.45, 2.75) is 36.3 Å². The summed E-state index contributed by atoms with van der Waals surface area (Å²) < 4.78 is 24.7. The van der Waals surface area contributed by atoms with Crippen LogP contribution in [0.3, 0.4) is 0 Å². The fourth-order valence-corrected chi connectivity index (χ4v) is 11.8. The number of aromatic nitrogens is 3. The molecule has 2 aliphatic rings. The molecule has 0 aliphatic carbocycles. The minimum atomic E-state index is -1.36. The van der Waals surface area contributed by atoms with Gasteiger partial charge in [-0.25, -0.2) is 9.78 Å².